The maximum absolute atomic E-state index is 8.56. The van der Waals surface area contributed by atoms with Crippen LogP contribution in [0.4, 0.5) is 0 Å². The molecule has 2 heterocycles. The van der Waals surface area contributed by atoms with E-state index in [2.05, 4.69) is 11.6 Å². The third-order valence-electron chi connectivity index (χ3n) is 3.07. The Balaban J connectivity index is 1.84. The number of aliphatic hydroxyl groups is 1. The van der Waals surface area contributed by atoms with Crippen molar-refractivity contribution in [2.24, 2.45) is 0 Å². The van der Waals surface area contributed by atoms with Crippen LogP contribution in [-0.4, -0.2) is 49.2 Å². The van der Waals surface area contributed by atoms with Crippen molar-refractivity contribution in [3.8, 4) is 5.88 Å². The molecule has 1 aliphatic heterocycles. The summed E-state index contributed by atoms with van der Waals surface area (Å²) in [6.07, 6.45) is 1.66. The molecule has 1 aromatic heterocycles. The molecule has 0 aromatic carbocycles. The second-order valence-corrected chi connectivity index (χ2v) is 5.12. The fourth-order valence-corrected chi connectivity index (χ4v) is 1.75. The fraction of sp³-hybridized carbons (Fsp3) is 0.500. The Hall–Kier alpha value is -1.57. The van der Waals surface area contributed by atoms with Gasteiger partial charge in [0.15, 0.2) is 0 Å². The number of aliphatic hydroxyl groups excluding tert-OH is 1. The van der Waals surface area contributed by atoms with Gasteiger partial charge in [0.2, 0.25) is 5.88 Å². The summed E-state index contributed by atoms with van der Waals surface area (Å²) in [4.78, 5) is 4.20. The van der Waals surface area contributed by atoms with Crippen LogP contribution in [0.3, 0.4) is 0 Å². The Labute approximate surface area is 124 Å². The summed E-state index contributed by atoms with van der Waals surface area (Å²) < 4.78 is 21.9. The van der Waals surface area contributed by atoms with E-state index in [4.69, 9.17) is 23.9 Å². The second-order valence-electron chi connectivity index (χ2n) is 5.12. The number of hydrogen-bond acceptors (Lipinski definition) is 6. The first-order valence-corrected chi connectivity index (χ1v) is 6.84. The van der Waals surface area contributed by atoms with Gasteiger partial charge in [-0.1, -0.05) is 12.6 Å². The lowest BCUT2D eigenvalue weighted by atomic mass is 9.80. The van der Waals surface area contributed by atoms with Crippen LogP contribution >= 0.6 is 0 Å². The van der Waals surface area contributed by atoms with E-state index in [1.54, 1.807) is 12.3 Å². The van der Waals surface area contributed by atoms with E-state index in [1.807, 2.05) is 19.9 Å². The maximum atomic E-state index is 8.56. The average Bonchev–Trinajstić information content (AvgIpc) is 2.73. The molecule has 0 saturated carbocycles. The minimum absolute atomic E-state index is 0.00990. The lowest BCUT2D eigenvalue weighted by Crippen LogP contribution is -2.34. The van der Waals surface area contributed by atoms with Crippen molar-refractivity contribution in [3.63, 3.8) is 0 Å². The second kappa shape index (κ2) is 6.93. The van der Waals surface area contributed by atoms with Gasteiger partial charge in [0.25, 0.3) is 0 Å². The van der Waals surface area contributed by atoms with Gasteiger partial charge in [0.1, 0.15) is 12.2 Å². The van der Waals surface area contributed by atoms with E-state index >= 15 is 0 Å². The molecule has 114 valence electrons. The van der Waals surface area contributed by atoms with E-state index in [-0.39, 0.29) is 6.61 Å². The summed E-state index contributed by atoms with van der Waals surface area (Å²) >= 11 is 0. The molecule has 0 spiro atoms. The fourth-order valence-electron chi connectivity index (χ4n) is 1.75. The van der Waals surface area contributed by atoms with Gasteiger partial charge in [-0.15, -0.1) is 0 Å². The number of nitrogens with zero attached hydrogens (tertiary/aromatic N) is 1. The maximum Gasteiger partial charge on any atom is 0.564 e. The molecule has 1 saturated heterocycles. The zero-order valence-corrected chi connectivity index (χ0v) is 12.4. The standard InChI is InChI=1S/C14H20BNO5/c1-11-14(2,3)21-15(20-11)12-4-5-13(16-10-12)19-9-8-18-7-6-17/h4-5,10,17H,1,6-9H2,2-3H3. The van der Waals surface area contributed by atoms with Gasteiger partial charge < -0.3 is 23.9 Å². The molecule has 7 heteroatoms. The van der Waals surface area contributed by atoms with Crippen molar-refractivity contribution in [1.29, 1.82) is 0 Å². The number of rotatable bonds is 7. The highest BCUT2D eigenvalue weighted by molar-refractivity contribution is 6.62. The highest BCUT2D eigenvalue weighted by Crippen LogP contribution is 2.29. The molecule has 0 aliphatic carbocycles. The minimum Gasteiger partial charge on any atom is -0.534 e. The van der Waals surface area contributed by atoms with E-state index in [0.29, 0.717) is 31.5 Å². The third kappa shape index (κ3) is 4.20. The van der Waals surface area contributed by atoms with Crippen molar-refractivity contribution < 1.29 is 23.9 Å². The summed E-state index contributed by atoms with van der Waals surface area (Å²) in [5.74, 6) is 1.11. The first-order valence-electron chi connectivity index (χ1n) is 6.84. The molecule has 0 bridgehead atoms. The Morgan fingerprint density at radius 3 is 2.71 bits per heavy atom. The van der Waals surface area contributed by atoms with Gasteiger partial charge >= 0.3 is 7.12 Å². The van der Waals surface area contributed by atoms with Crippen molar-refractivity contribution in [2.75, 3.05) is 26.4 Å². The van der Waals surface area contributed by atoms with Crippen LogP contribution < -0.4 is 10.2 Å². The summed E-state index contributed by atoms with van der Waals surface area (Å²) in [6, 6.07) is 3.60. The molecule has 1 fully saturated rings. The molecule has 1 aliphatic rings. The largest absolute Gasteiger partial charge is 0.564 e. The van der Waals surface area contributed by atoms with E-state index in [9.17, 15) is 0 Å². The molecular weight excluding hydrogens is 273 g/mol. The summed E-state index contributed by atoms with van der Waals surface area (Å²) in [6.45, 7) is 8.77. The lowest BCUT2D eigenvalue weighted by molar-refractivity contribution is 0.0695. The number of aromatic nitrogens is 1. The highest BCUT2D eigenvalue weighted by atomic mass is 16.7. The predicted octanol–water partition coefficient (Wildman–Crippen LogP) is 0.504. The average molecular weight is 293 g/mol. The molecule has 6 nitrogen and oxygen atoms in total. The summed E-state index contributed by atoms with van der Waals surface area (Å²) in [5, 5.41) is 8.56. The highest BCUT2D eigenvalue weighted by Gasteiger charge is 2.42. The Morgan fingerprint density at radius 2 is 2.14 bits per heavy atom. The molecule has 1 N–H and O–H groups in total. The Kier molecular flexibility index (Phi) is 5.22. The molecule has 2 rings (SSSR count). The number of pyridine rings is 1. The minimum atomic E-state index is -0.496. The zero-order chi connectivity index (χ0) is 15.3. The van der Waals surface area contributed by atoms with Gasteiger partial charge in [0, 0.05) is 11.7 Å². The molecular formula is C14H20BNO5. The number of hydrogen-bond donors (Lipinski definition) is 1. The van der Waals surface area contributed by atoms with Crippen LogP contribution in [0.15, 0.2) is 30.7 Å². The monoisotopic (exact) mass is 293 g/mol. The van der Waals surface area contributed by atoms with Crippen LogP contribution in [0.1, 0.15) is 13.8 Å². The SMILES string of the molecule is C=C1OB(c2ccc(OCCOCCO)nc2)OC1(C)C. The molecule has 1 aromatic rings. The molecule has 0 atom stereocenters. The molecule has 0 radical (unpaired) electrons. The zero-order valence-electron chi connectivity index (χ0n) is 12.4. The van der Waals surface area contributed by atoms with Crippen LogP contribution in [0.2, 0.25) is 0 Å². The molecule has 0 amide bonds. The van der Waals surface area contributed by atoms with Gasteiger partial charge in [-0.25, -0.2) is 4.98 Å². The summed E-state index contributed by atoms with van der Waals surface area (Å²) in [7, 11) is -0.484. The predicted molar refractivity (Wildman–Crippen MR) is 78.4 cm³/mol. The van der Waals surface area contributed by atoms with Gasteiger partial charge in [0.05, 0.1) is 25.6 Å². The topological polar surface area (TPSA) is 70.0 Å². The van der Waals surface area contributed by atoms with Crippen LogP contribution in [0.25, 0.3) is 0 Å². The molecule has 21 heavy (non-hydrogen) atoms. The first-order chi connectivity index (χ1) is 10.0. The first kappa shape index (κ1) is 15.8. The van der Waals surface area contributed by atoms with Crippen molar-refractivity contribution in [1.82, 2.24) is 4.98 Å². The van der Waals surface area contributed by atoms with Gasteiger partial charge in [-0.2, -0.15) is 0 Å². The van der Waals surface area contributed by atoms with Gasteiger partial charge in [-0.05, 0) is 19.9 Å². The smallest absolute Gasteiger partial charge is 0.534 e. The van der Waals surface area contributed by atoms with Crippen molar-refractivity contribution >= 4 is 12.6 Å². The Morgan fingerprint density at radius 1 is 1.33 bits per heavy atom. The van der Waals surface area contributed by atoms with Crippen molar-refractivity contribution in [3.05, 3.63) is 30.7 Å². The number of ether oxygens (including phenoxy) is 2. The van der Waals surface area contributed by atoms with Crippen LogP contribution in [0.5, 0.6) is 5.88 Å². The van der Waals surface area contributed by atoms with E-state index < -0.39 is 12.7 Å². The van der Waals surface area contributed by atoms with Crippen LogP contribution in [0, 0.1) is 0 Å². The Bertz CT molecular complexity index is 477. The van der Waals surface area contributed by atoms with E-state index in [0.717, 1.165) is 5.46 Å². The quantitative estimate of drug-likeness (QED) is 0.583. The van der Waals surface area contributed by atoms with Gasteiger partial charge in [-0.3, -0.25) is 0 Å². The normalized spacial score (nSPS) is 16.9. The summed E-state index contributed by atoms with van der Waals surface area (Å²) in [5.41, 5.74) is 0.315. The van der Waals surface area contributed by atoms with E-state index in [1.165, 1.54) is 0 Å². The third-order valence-corrected chi connectivity index (χ3v) is 3.07. The van der Waals surface area contributed by atoms with Crippen molar-refractivity contribution in [2.45, 2.75) is 19.4 Å². The lowest BCUT2D eigenvalue weighted by Gasteiger charge is -2.15. The molecule has 0 unspecified atom stereocenters. The van der Waals surface area contributed by atoms with Crippen LogP contribution in [-0.2, 0) is 14.0 Å².